The van der Waals surface area contributed by atoms with Crippen LogP contribution in [0.3, 0.4) is 0 Å². The van der Waals surface area contributed by atoms with Crippen LogP contribution in [-0.4, -0.2) is 52.1 Å². The lowest BCUT2D eigenvalue weighted by molar-refractivity contribution is -0.0154. The fraction of sp³-hybridized carbons (Fsp3) is 0.542. The monoisotopic (exact) mass is 423 g/mol. The van der Waals surface area contributed by atoms with Crippen LogP contribution in [0.1, 0.15) is 62.7 Å². The summed E-state index contributed by atoms with van der Waals surface area (Å²) in [5.41, 5.74) is 6.57. The highest BCUT2D eigenvalue weighted by atomic mass is 16.6. The Labute approximate surface area is 184 Å². The fourth-order valence-corrected chi connectivity index (χ4v) is 4.54. The third-order valence-corrected chi connectivity index (χ3v) is 6.01. The zero-order valence-corrected chi connectivity index (χ0v) is 18.6. The molecule has 1 aromatic heterocycles. The number of hydrogen-bond donors (Lipinski definition) is 2. The van der Waals surface area contributed by atoms with Crippen LogP contribution in [0.5, 0.6) is 0 Å². The van der Waals surface area contributed by atoms with E-state index in [0.29, 0.717) is 24.0 Å². The quantitative estimate of drug-likeness (QED) is 0.532. The van der Waals surface area contributed by atoms with Gasteiger partial charge in [-0.2, -0.15) is 4.98 Å². The van der Waals surface area contributed by atoms with Gasteiger partial charge in [-0.15, -0.1) is 0 Å². The van der Waals surface area contributed by atoms with Crippen molar-refractivity contribution in [2.24, 2.45) is 0 Å². The molecule has 0 atom stereocenters. The van der Waals surface area contributed by atoms with Gasteiger partial charge in [0.25, 0.3) is 0 Å². The Hall–Kier alpha value is -2.67. The molecule has 1 aromatic carbocycles. The average molecular weight is 424 g/mol. The standard InChI is InChI=1S/C24H33N5O2/c1-24(2,16-29-13-7-4-8-14-29)31-22(30)17-11-12-20-19(15-17)21(28-23(25)27-20)26-18-9-5-3-6-10-18/h4,7,11-12,15,18H,3,5-6,8-10,13-14,16H2,1-2H3,(H3,25,26,27,28). The number of hydrogen-bond acceptors (Lipinski definition) is 7. The van der Waals surface area contributed by atoms with E-state index in [1.54, 1.807) is 6.07 Å². The number of esters is 1. The van der Waals surface area contributed by atoms with Gasteiger partial charge in [0.2, 0.25) is 5.95 Å². The molecule has 7 heteroatoms. The van der Waals surface area contributed by atoms with Crippen LogP contribution < -0.4 is 11.1 Å². The Bertz CT molecular complexity index is 966. The number of rotatable bonds is 6. The summed E-state index contributed by atoms with van der Waals surface area (Å²) in [4.78, 5) is 24.1. The third kappa shape index (κ3) is 5.53. The average Bonchev–Trinajstić information content (AvgIpc) is 2.74. The zero-order chi connectivity index (χ0) is 21.8. The number of aromatic nitrogens is 2. The number of nitrogens with one attached hydrogen (secondary N) is 1. The maximum Gasteiger partial charge on any atom is 0.338 e. The van der Waals surface area contributed by atoms with Crippen LogP contribution in [-0.2, 0) is 4.74 Å². The number of benzene rings is 1. The molecule has 1 fully saturated rings. The molecule has 1 aliphatic carbocycles. The summed E-state index contributed by atoms with van der Waals surface area (Å²) < 4.78 is 5.90. The Balaban J connectivity index is 1.53. The van der Waals surface area contributed by atoms with E-state index in [4.69, 9.17) is 10.5 Å². The first-order valence-electron chi connectivity index (χ1n) is 11.3. The summed E-state index contributed by atoms with van der Waals surface area (Å²) in [6.07, 6.45) is 11.3. The van der Waals surface area contributed by atoms with Crippen molar-refractivity contribution in [1.82, 2.24) is 14.9 Å². The largest absolute Gasteiger partial charge is 0.455 e. The lowest BCUT2D eigenvalue weighted by Gasteiger charge is -2.33. The molecule has 31 heavy (non-hydrogen) atoms. The second kappa shape index (κ2) is 9.22. The topological polar surface area (TPSA) is 93.4 Å². The van der Waals surface area contributed by atoms with E-state index in [0.717, 1.165) is 43.3 Å². The zero-order valence-electron chi connectivity index (χ0n) is 18.6. The summed E-state index contributed by atoms with van der Waals surface area (Å²) in [5.74, 6) is 0.598. The first kappa shape index (κ1) is 21.6. The lowest BCUT2D eigenvalue weighted by atomic mass is 9.95. The van der Waals surface area contributed by atoms with Crippen molar-refractivity contribution in [1.29, 1.82) is 0 Å². The summed E-state index contributed by atoms with van der Waals surface area (Å²) in [6.45, 7) is 6.51. The Morgan fingerprint density at radius 2 is 2.03 bits per heavy atom. The van der Waals surface area contributed by atoms with E-state index in [9.17, 15) is 4.79 Å². The second-order valence-corrected chi connectivity index (χ2v) is 9.29. The summed E-state index contributed by atoms with van der Waals surface area (Å²) in [7, 11) is 0. The molecule has 0 radical (unpaired) electrons. The van der Waals surface area contributed by atoms with E-state index in [1.807, 2.05) is 26.0 Å². The maximum atomic E-state index is 13.0. The normalized spacial score (nSPS) is 18.3. The van der Waals surface area contributed by atoms with Gasteiger partial charge in [0.1, 0.15) is 11.4 Å². The molecule has 4 rings (SSSR count). The fourth-order valence-electron chi connectivity index (χ4n) is 4.54. The highest BCUT2D eigenvalue weighted by Gasteiger charge is 2.27. The van der Waals surface area contributed by atoms with Crippen molar-refractivity contribution in [3.63, 3.8) is 0 Å². The molecular weight excluding hydrogens is 390 g/mol. The predicted octanol–water partition coefficient (Wildman–Crippen LogP) is 4.15. The van der Waals surface area contributed by atoms with Gasteiger partial charge >= 0.3 is 5.97 Å². The van der Waals surface area contributed by atoms with Crippen molar-refractivity contribution in [2.45, 2.75) is 64.0 Å². The van der Waals surface area contributed by atoms with E-state index < -0.39 is 5.60 Å². The van der Waals surface area contributed by atoms with Gasteiger partial charge in [-0.1, -0.05) is 31.4 Å². The third-order valence-electron chi connectivity index (χ3n) is 6.01. The molecule has 166 valence electrons. The maximum absolute atomic E-state index is 13.0. The minimum atomic E-state index is -0.585. The first-order valence-corrected chi connectivity index (χ1v) is 11.3. The molecule has 2 aliphatic rings. The summed E-state index contributed by atoms with van der Waals surface area (Å²) in [6, 6.07) is 5.76. The van der Waals surface area contributed by atoms with E-state index in [2.05, 4.69) is 32.3 Å². The predicted molar refractivity (Wildman–Crippen MR) is 124 cm³/mol. The number of ether oxygens (including phenoxy) is 1. The number of nitrogens with two attached hydrogens (primary N) is 1. The molecule has 0 bridgehead atoms. The molecule has 0 unspecified atom stereocenters. The van der Waals surface area contributed by atoms with Gasteiger partial charge in [0.05, 0.1) is 11.1 Å². The van der Waals surface area contributed by atoms with Crippen molar-refractivity contribution in [3.05, 3.63) is 35.9 Å². The number of fused-ring (bicyclic) bond motifs is 1. The van der Waals surface area contributed by atoms with Crippen molar-refractivity contribution < 1.29 is 9.53 Å². The second-order valence-electron chi connectivity index (χ2n) is 9.29. The number of anilines is 2. The Morgan fingerprint density at radius 3 is 2.77 bits per heavy atom. The van der Waals surface area contributed by atoms with E-state index in [1.165, 1.54) is 19.3 Å². The number of carbonyl (C=O) groups is 1. The van der Waals surface area contributed by atoms with Crippen molar-refractivity contribution in [2.75, 3.05) is 30.7 Å². The van der Waals surface area contributed by atoms with E-state index in [-0.39, 0.29) is 11.9 Å². The molecule has 3 N–H and O–H groups in total. The molecule has 0 amide bonds. The molecule has 1 saturated carbocycles. The van der Waals surface area contributed by atoms with Gasteiger partial charge in [0, 0.05) is 31.1 Å². The smallest absolute Gasteiger partial charge is 0.338 e. The molecule has 7 nitrogen and oxygen atoms in total. The number of carbonyl (C=O) groups excluding carboxylic acids is 1. The molecular formula is C24H33N5O2. The van der Waals surface area contributed by atoms with E-state index >= 15 is 0 Å². The summed E-state index contributed by atoms with van der Waals surface area (Å²) in [5, 5.41) is 4.34. The molecule has 0 spiro atoms. The van der Waals surface area contributed by atoms with Crippen LogP contribution >= 0.6 is 0 Å². The molecule has 0 saturated heterocycles. The molecule has 2 aromatic rings. The number of nitrogens with zero attached hydrogens (tertiary/aromatic N) is 3. The van der Waals surface area contributed by atoms with Crippen LogP contribution in [0.2, 0.25) is 0 Å². The van der Waals surface area contributed by atoms with Crippen molar-refractivity contribution in [3.8, 4) is 0 Å². The highest BCUT2D eigenvalue weighted by molar-refractivity contribution is 5.98. The van der Waals surface area contributed by atoms with Crippen LogP contribution in [0, 0.1) is 0 Å². The van der Waals surface area contributed by atoms with Crippen molar-refractivity contribution >= 4 is 28.6 Å². The van der Waals surface area contributed by atoms with Gasteiger partial charge < -0.3 is 15.8 Å². The molecule has 1 aliphatic heterocycles. The Morgan fingerprint density at radius 1 is 1.23 bits per heavy atom. The van der Waals surface area contributed by atoms with Crippen LogP contribution in [0.25, 0.3) is 10.9 Å². The van der Waals surface area contributed by atoms with Gasteiger partial charge in [-0.3, -0.25) is 4.90 Å². The minimum absolute atomic E-state index is 0.234. The molecule has 2 heterocycles. The SMILES string of the molecule is CC(C)(CN1CC=CCC1)OC(=O)c1ccc2nc(N)nc(NC3CCCCC3)c2c1. The van der Waals surface area contributed by atoms with Crippen LogP contribution in [0.4, 0.5) is 11.8 Å². The number of nitrogen functional groups attached to an aromatic ring is 1. The Kier molecular flexibility index (Phi) is 6.41. The summed E-state index contributed by atoms with van der Waals surface area (Å²) >= 11 is 0. The first-order chi connectivity index (χ1) is 14.9. The van der Waals surface area contributed by atoms with Gasteiger partial charge in [0.15, 0.2) is 0 Å². The lowest BCUT2D eigenvalue weighted by Crippen LogP contribution is -2.43. The minimum Gasteiger partial charge on any atom is -0.455 e. The highest BCUT2D eigenvalue weighted by Crippen LogP contribution is 2.27. The van der Waals surface area contributed by atoms with Gasteiger partial charge in [-0.25, -0.2) is 9.78 Å². The van der Waals surface area contributed by atoms with Gasteiger partial charge in [-0.05, 0) is 51.3 Å². The van der Waals surface area contributed by atoms with Crippen LogP contribution in [0.15, 0.2) is 30.4 Å².